The third kappa shape index (κ3) is 2.45. The van der Waals surface area contributed by atoms with Crippen molar-refractivity contribution in [3.8, 4) is 0 Å². The van der Waals surface area contributed by atoms with Gasteiger partial charge in [-0.1, -0.05) is 24.8 Å². The van der Waals surface area contributed by atoms with Gasteiger partial charge >= 0.3 is 0 Å². The average molecular weight is 211 g/mol. The summed E-state index contributed by atoms with van der Waals surface area (Å²) >= 11 is 0. The van der Waals surface area contributed by atoms with Gasteiger partial charge in [0.2, 0.25) is 5.95 Å². The first-order valence-electron chi connectivity index (χ1n) is 5.06. The molecule has 0 unspecified atom stereocenters. The molecule has 80 valence electrons. The van der Waals surface area contributed by atoms with E-state index in [2.05, 4.69) is 21.9 Å². The van der Waals surface area contributed by atoms with Crippen molar-refractivity contribution < 1.29 is 0 Å². The smallest absolute Gasteiger partial charge is 0.227 e. The zero-order valence-electron chi connectivity index (χ0n) is 9.14. The molecule has 3 nitrogen and oxygen atoms in total. The minimum absolute atomic E-state index is 0.594. The summed E-state index contributed by atoms with van der Waals surface area (Å²) in [6.45, 7) is 5.77. The minimum atomic E-state index is 0.594. The highest BCUT2D eigenvalue weighted by atomic mass is 15.1. The van der Waals surface area contributed by atoms with Gasteiger partial charge in [0, 0.05) is 23.6 Å². The second-order valence-corrected chi connectivity index (χ2v) is 3.57. The Bertz CT molecular complexity index is 474. The molecule has 16 heavy (non-hydrogen) atoms. The molecule has 1 aromatic heterocycles. The maximum atomic E-state index is 4.21. The standard InChI is InChI=1S/C13H13N3/c1-10(2)11-8-14-13(15-9-11)16-12-6-4-3-5-7-12/h3-9H,1H2,2H3,(H,14,15,16). The highest BCUT2D eigenvalue weighted by Crippen LogP contribution is 2.13. The van der Waals surface area contributed by atoms with Crippen molar-refractivity contribution in [3.05, 3.63) is 54.9 Å². The van der Waals surface area contributed by atoms with Gasteiger partial charge in [-0.3, -0.25) is 0 Å². The number of benzene rings is 1. The Morgan fingerprint density at radius 2 is 1.75 bits per heavy atom. The van der Waals surface area contributed by atoms with E-state index in [0.29, 0.717) is 5.95 Å². The highest BCUT2D eigenvalue weighted by Gasteiger charge is 1.98. The van der Waals surface area contributed by atoms with Crippen LogP contribution in [0.2, 0.25) is 0 Å². The summed E-state index contributed by atoms with van der Waals surface area (Å²) in [6, 6.07) is 9.83. The van der Waals surface area contributed by atoms with Gasteiger partial charge in [-0.15, -0.1) is 0 Å². The number of nitrogens with zero attached hydrogens (tertiary/aromatic N) is 2. The van der Waals surface area contributed by atoms with Crippen molar-refractivity contribution in [3.63, 3.8) is 0 Å². The maximum absolute atomic E-state index is 4.21. The molecule has 2 aromatic rings. The maximum Gasteiger partial charge on any atom is 0.227 e. The van der Waals surface area contributed by atoms with Gasteiger partial charge in [0.05, 0.1) is 0 Å². The monoisotopic (exact) mass is 211 g/mol. The molecule has 2 rings (SSSR count). The molecule has 0 saturated carbocycles. The van der Waals surface area contributed by atoms with Crippen LogP contribution in [-0.2, 0) is 0 Å². The molecule has 3 heteroatoms. The van der Waals surface area contributed by atoms with Crippen molar-refractivity contribution in [2.75, 3.05) is 5.32 Å². The number of para-hydroxylation sites is 1. The van der Waals surface area contributed by atoms with Crippen molar-refractivity contribution >= 4 is 17.2 Å². The first kappa shape index (κ1) is 10.4. The van der Waals surface area contributed by atoms with Crippen LogP contribution in [0.4, 0.5) is 11.6 Å². The minimum Gasteiger partial charge on any atom is -0.324 e. The molecular formula is C13H13N3. The summed E-state index contributed by atoms with van der Waals surface area (Å²) in [4.78, 5) is 8.42. The lowest BCUT2D eigenvalue weighted by molar-refractivity contribution is 1.15. The van der Waals surface area contributed by atoms with Crippen LogP contribution < -0.4 is 5.32 Å². The molecule has 0 saturated heterocycles. The largest absolute Gasteiger partial charge is 0.324 e. The van der Waals surface area contributed by atoms with Gasteiger partial charge in [-0.2, -0.15) is 0 Å². The van der Waals surface area contributed by atoms with Crippen molar-refractivity contribution in [1.82, 2.24) is 9.97 Å². The van der Waals surface area contributed by atoms with Crippen LogP contribution in [0.15, 0.2) is 49.3 Å². The van der Waals surface area contributed by atoms with Crippen LogP contribution >= 0.6 is 0 Å². The fourth-order valence-electron chi connectivity index (χ4n) is 1.26. The Morgan fingerprint density at radius 3 is 2.31 bits per heavy atom. The number of hydrogen-bond donors (Lipinski definition) is 1. The summed E-state index contributed by atoms with van der Waals surface area (Å²) in [5.41, 5.74) is 2.90. The Morgan fingerprint density at radius 1 is 1.12 bits per heavy atom. The zero-order chi connectivity index (χ0) is 11.4. The van der Waals surface area contributed by atoms with Gasteiger partial charge in [-0.05, 0) is 24.6 Å². The number of anilines is 2. The molecule has 1 heterocycles. The van der Waals surface area contributed by atoms with Crippen molar-refractivity contribution in [2.24, 2.45) is 0 Å². The SMILES string of the molecule is C=C(C)c1cnc(Nc2ccccc2)nc1. The van der Waals surface area contributed by atoms with E-state index >= 15 is 0 Å². The molecule has 0 amide bonds. The van der Waals surface area contributed by atoms with Gasteiger partial charge < -0.3 is 5.32 Å². The lowest BCUT2D eigenvalue weighted by atomic mass is 10.2. The average Bonchev–Trinajstić information content (AvgIpc) is 2.31. The molecule has 0 bridgehead atoms. The van der Waals surface area contributed by atoms with E-state index < -0.39 is 0 Å². The van der Waals surface area contributed by atoms with Crippen LogP contribution in [0.25, 0.3) is 5.57 Å². The number of nitrogens with one attached hydrogen (secondary N) is 1. The van der Waals surface area contributed by atoms with Crippen LogP contribution in [0.1, 0.15) is 12.5 Å². The normalized spacial score (nSPS) is 9.81. The quantitative estimate of drug-likeness (QED) is 0.846. The van der Waals surface area contributed by atoms with Crippen LogP contribution in [0.5, 0.6) is 0 Å². The first-order valence-corrected chi connectivity index (χ1v) is 5.06. The van der Waals surface area contributed by atoms with Gasteiger partial charge in [0.15, 0.2) is 0 Å². The lowest BCUT2D eigenvalue weighted by Crippen LogP contribution is -1.96. The van der Waals surface area contributed by atoms with E-state index in [1.54, 1.807) is 12.4 Å². The predicted molar refractivity (Wildman–Crippen MR) is 66.5 cm³/mol. The lowest BCUT2D eigenvalue weighted by Gasteiger charge is -2.04. The van der Waals surface area contributed by atoms with Crippen molar-refractivity contribution in [2.45, 2.75) is 6.92 Å². The second-order valence-electron chi connectivity index (χ2n) is 3.57. The fraction of sp³-hybridized carbons (Fsp3) is 0.0769. The molecule has 1 N–H and O–H groups in total. The summed E-state index contributed by atoms with van der Waals surface area (Å²) < 4.78 is 0. The van der Waals surface area contributed by atoms with Crippen molar-refractivity contribution in [1.29, 1.82) is 0 Å². The summed E-state index contributed by atoms with van der Waals surface area (Å²) in [7, 11) is 0. The van der Waals surface area contributed by atoms with E-state index in [1.807, 2.05) is 37.3 Å². The third-order valence-corrected chi connectivity index (χ3v) is 2.17. The number of aromatic nitrogens is 2. The number of allylic oxidation sites excluding steroid dienone is 1. The third-order valence-electron chi connectivity index (χ3n) is 2.17. The van der Waals surface area contributed by atoms with Crippen LogP contribution in [0, 0.1) is 0 Å². The van der Waals surface area contributed by atoms with E-state index in [0.717, 1.165) is 16.8 Å². The Kier molecular flexibility index (Phi) is 2.96. The topological polar surface area (TPSA) is 37.8 Å². The Balaban J connectivity index is 2.14. The molecule has 0 spiro atoms. The van der Waals surface area contributed by atoms with Crippen LogP contribution in [-0.4, -0.2) is 9.97 Å². The fourth-order valence-corrected chi connectivity index (χ4v) is 1.26. The second kappa shape index (κ2) is 4.57. The number of hydrogen-bond acceptors (Lipinski definition) is 3. The first-order chi connectivity index (χ1) is 7.75. The Labute approximate surface area is 94.9 Å². The zero-order valence-corrected chi connectivity index (χ0v) is 9.14. The van der Waals surface area contributed by atoms with Gasteiger partial charge in [0.1, 0.15) is 0 Å². The summed E-state index contributed by atoms with van der Waals surface area (Å²) in [5.74, 6) is 0.594. The van der Waals surface area contributed by atoms with Crippen LogP contribution in [0.3, 0.4) is 0 Å². The van der Waals surface area contributed by atoms with Gasteiger partial charge in [0.25, 0.3) is 0 Å². The van der Waals surface area contributed by atoms with E-state index in [9.17, 15) is 0 Å². The molecule has 0 aliphatic carbocycles. The van der Waals surface area contributed by atoms with E-state index in [-0.39, 0.29) is 0 Å². The molecular weight excluding hydrogens is 198 g/mol. The number of rotatable bonds is 3. The van der Waals surface area contributed by atoms with Gasteiger partial charge in [-0.25, -0.2) is 9.97 Å². The molecule has 1 aromatic carbocycles. The molecule has 0 aliphatic rings. The van der Waals surface area contributed by atoms with E-state index in [1.165, 1.54) is 0 Å². The molecule has 0 atom stereocenters. The Hall–Kier alpha value is -2.16. The molecule has 0 aliphatic heterocycles. The van der Waals surface area contributed by atoms with E-state index in [4.69, 9.17) is 0 Å². The highest BCUT2D eigenvalue weighted by molar-refractivity contribution is 5.60. The molecule has 0 radical (unpaired) electrons. The predicted octanol–water partition coefficient (Wildman–Crippen LogP) is 3.25. The molecule has 0 fully saturated rings. The summed E-state index contributed by atoms with van der Waals surface area (Å²) in [6.07, 6.45) is 3.53. The summed E-state index contributed by atoms with van der Waals surface area (Å²) in [5, 5.41) is 3.12.